The molecule has 1 aromatic carbocycles. The molecule has 2 aromatic rings. The summed E-state index contributed by atoms with van der Waals surface area (Å²) in [5.41, 5.74) is 1.89. The highest BCUT2D eigenvalue weighted by Gasteiger charge is 2.11. The van der Waals surface area contributed by atoms with Gasteiger partial charge < -0.3 is 15.4 Å². The van der Waals surface area contributed by atoms with Crippen molar-refractivity contribution in [1.82, 2.24) is 4.98 Å². The molecular weight excluding hydrogens is 312 g/mol. The van der Waals surface area contributed by atoms with Gasteiger partial charge in [-0.05, 0) is 52.7 Å². The number of carbonyl (C=O) groups excluding carboxylic acids is 1. The van der Waals surface area contributed by atoms with Crippen LogP contribution in [-0.2, 0) is 0 Å². The van der Waals surface area contributed by atoms with Crippen LogP contribution in [0.2, 0.25) is 0 Å². The Morgan fingerprint density at radius 3 is 2.58 bits per heavy atom. The summed E-state index contributed by atoms with van der Waals surface area (Å²) in [7, 11) is 0. The number of halogens is 1. The van der Waals surface area contributed by atoms with E-state index in [1.54, 1.807) is 25.3 Å². The second-order valence-corrected chi connectivity index (χ2v) is 4.94. The lowest BCUT2D eigenvalue weighted by atomic mass is 10.1. The molecule has 0 radical (unpaired) electrons. The summed E-state index contributed by atoms with van der Waals surface area (Å²) in [4.78, 5) is 25.6. The van der Waals surface area contributed by atoms with E-state index in [2.05, 4.69) is 26.2 Å². The molecule has 0 unspecified atom stereocenters. The van der Waals surface area contributed by atoms with Crippen LogP contribution in [0.3, 0.4) is 0 Å². The van der Waals surface area contributed by atoms with Gasteiger partial charge in [0.1, 0.15) is 5.69 Å². The molecule has 2 rings (SSSR count). The van der Waals surface area contributed by atoms with Crippen LogP contribution >= 0.6 is 15.9 Å². The number of aromatic carboxylic acids is 1. The number of hydrogen-bond acceptors (Lipinski definition) is 2. The van der Waals surface area contributed by atoms with Gasteiger partial charge in [0.15, 0.2) is 0 Å². The van der Waals surface area contributed by atoms with Crippen LogP contribution < -0.4 is 5.32 Å². The Hall–Kier alpha value is -2.08. The number of carboxylic acids is 1. The Labute approximate surface area is 117 Å². The number of H-pyrrole nitrogens is 1. The topological polar surface area (TPSA) is 82.2 Å². The predicted molar refractivity (Wildman–Crippen MR) is 74.6 cm³/mol. The van der Waals surface area contributed by atoms with Crippen LogP contribution in [0.15, 0.2) is 34.9 Å². The highest BCUT2D eigenvalue weighted by molar-refractivity contribution is 9.10. The molecule has 5 nitrogen and oxygen atoms in total. The molecule has 6 heteroatoms. The van der Waals surface area contributed by atoms with E-state index in [1.807, 2.05) is 0 Å². The third kappa shape index (κ3) is 3.03. The van der Waals surface area contributed by atoms with E-state index in [0.717, 1.165) is 4.47 Å². The fourth-order valence-corrected chi connectivity index (χ4v) is 1.97. The maximum atomic E-state index is 11.9. The Balaban J connectivity index is 2.20. The first-order valence-electron chi connectivity index (χ1n) is 5.46. The van der Waals surface area contributed by atoms with Crippen LogP contribution in [-0.4, -0.2) is 22.0 Å². The standard InChI is InChI=1S/C13H11BrN2O3/c1-7-4-8(13(18)19)2-3-10(7)16-12(17)11-5-9(14)6-15-11/h2-6,15H,1H3,(H,16,17)(H,18,19). The molecule has 1 amide bonds. The fourth-order valence-electron chi connectivity index (χ4n) is 1.63. The first kappa shape index (κ1) is 13.4. The van der Waals surface area contributed by atoms with Gasteiger partial charge in [0.25, 0.3) is 5.91 Å². The van der Waals surface area contributed by atoms with Crippen molar-refractivity contribution in [2.75, 3.05) is 5.32 Å². The maximum absolute atomic E-state index is 11.9. The van der Waals surface area contributed by atoms with E-state index in [9.17, 15) is 9.59 Å². The second-order valence-electron chi connectivity index (χ2n) is 4.02. The highest BCUT2D eigenvalue weighted by atomic mass is 79.9. The average Bonchev–Trinajstić information content (AvgIpc) is 2.78. The molecule has 0 bridgehead atoms. The number of aromatic nitrogens is 1. The fraction of sp³-hybridized carbons (Fsp3) is 0.0769. The first-order chi connectivity index (χ1) is 8.97. The molecule has 0 spiro atoms. The lowest BCUT2D eigenvalue weighted by molar-refractivity contribution is 0.0696. The van der Waals surface area contributed by atoms with Gasteiger partial charge in [0.2, 0.25) is 0 Å². The number of carboxylic acid groups (broad SMARTS) is 1. The molecule has 19 heavy (non-hydrogen) atoms. The SMILES string of the molecule is Cc1cc(C(=O)O)ccc1NC(=O)c1cc(Br)c[nH]1. The third-order valence-corrected chi connectivity index (χ3v) is 3.07. The molecule has 0 saturated carbocycles. The highest BCUT2D eigenvalue weighted by Crippen LogP contribution is 2.18. The van der Waals surface area contributed by atoms with Crippen molar-refractivity contribution < 1.29 is 14.7 Å². The molecule has 1 heterocycles. The smallest absolute Gasteiger partial charge is 0.335 e. The van der Waals surface area contributed by atoms with Gasteiger partial charge in [-0.2, -0.15) is 0 Å². The monoisotopic (exact) mass is 322 g/mol. The summed E-state index contributed by atoms with van der Waals surface area (Å²) >= 11 is 3.25. The van der Waals surface area contributed by atoms with Crippen molar-refractivity contribution in [3.8, 4) is 0 Å². The Kier molecular flexibility index (Phi) is 3.71. The molecule has 0 fully saturated rings. The van der Waals surface area contributed by atoms with E-state index in [0.29, 0.717) is 16.9 Å². The minimum Gasteiger partial charge on any atom is -0.478 e. The summed E-state index contributed by atoms with van der Waals surface area (Å²) in [6.45, 7) is 1.74. The number of nitrogens with one attached hydrogen (secondary N) is 2. The number of aromatic amines is 1. The lowest BCUT2D eigenvalue weighted by Crippen LogP contribution is -2.13. The normalized spacial score (nSPS) is 10.2. The number of hydrogen-bond donors (Lipinski definition) is 3. The summed E-state index contributed by atoms with van der Waals surface area (Å²) in [6, 6.07) is 6.21. The van der Waals surface area contributed by atoms with Crippen LogP contribution in [0.1, 0.15) is 26.4 Å². The van der Waals surface area contributed by atoms with Crippen LogP contribution in [0.4, 0.5) is 5.69 Å². The van der Waals surface area contributed by atoms with E-state index < -0.39 is 5.97 Å². The summed E-state index contributed by atoms with van der Waals surface area (Å²) in [5, 5.41) is 11.6. The molecular formula is C13H11BrN2O3. The van der Waals surface area contributed by atoms with Crippen LogP contribution in [0, 0.1) is 6.92 Å². The number of benzene rings is 1. The number of amides is 1. The molecule has 0 aliphatic rings. The van der Waals surface area contributed by atoms with Crippen molar-refractivity contribution >= 4 is 33.5 Å². The molecule has 0 aliphatic heterocycles. The molecule has 0 saturated heterocycles. The van der Waals surface area contributed by atoms with E-state index in [-0.39, 0.29) is 11.5 Å². The summed E-state index contributed by atoms with van der Waals surface area (Å²) < 4.78 is 0.788. The average molecular weight is 323 g/mol. The van der Waals surface area contributed by atoms with Crippen molar-refractivity contribution in [2.24, 2.45) is 0 Å². The minimum absolute atomic E-state index is 0.193. The van der Waals surface area contributed by atoms with Crippen molar-refractivity contribution in [1.29, 1.82) is 0 Å². The van der Waals surface area contributed by atoms with E-state index >= 15 is 0 Å². The molecule has 3 N–H and O–H groups in total. The zero-order valence-electron chi connectivity index (χ0n) is 10.0. The van der Waals surface area contributed by atoms with Gasteiger partial charge in [-0.25, -0.2) is 4.79 Å². The number of anilines is 1. The first-order valence-corrected chi connectivity index (χ1v) is 6.26. The Bertz CT molecular complexity index is 649. The molecule has 0 aliphatic carbocycles. The van der Waals surface area contributed by atoms with Gasteiger partial charge in [-0.15, -0.1) is 0 Å². The van der Waals surface area contributed by atoms with E-state index in [4.69, 9.17) is 5.11 Å². The zero-order chi connectivity index (χ0) is 14.0. The van der Waals surface area contributed by atoms with Gasteiger partial charge in [-0.1, -0.05) is 0 Å². The zero-order valence-corrected chi connectivity index (χ0v) is 11.6. The molecule has 0 atom stereocenters. The molecule has 98 valence electrons. The van der Waals surface area contributed by atoms with Crippen LogP contribution in [0.5, 0.6) is 0 Å². The predicted octanol–water partition coefficient (Wildman–Crippen LogP) is 3.04. The quantitative estimate of drug-likeness (QED) is 0.812. The van der Waals surface area contributed by atoms with Crippen molar-refractivity contribution in [3.63, 3.8) is 0 Å². The number of rotatable bonds is 3. The van der Waals surface area contributed by atoms with Gasteiger partial charge in [-0.3, -0.25) is 4.79 Å². The molecule has 1 aromatic heterocycles. The minimum atomic E-state index is -0.991. The number of aryl methyl sites for hydroxylation is 1. The van der Waals surface area contributed by atoms with Gasteiger partial charge >= 0.3 is 5.97 Å². The second kappa shape index (κ2) is 5.27. The van der Waals surface area contributed by atoms with E-state index in [1.165, 1.54) is 12.1 Å². The van der Waals surface area contributed by atoms with Crippen LogP contribution in [0.25, 0.3) is 0 Å². The number of carbonyl (C=O) groups is 2. The van der Waals surface area contributed by atoms with Crippen molar-refractivity contribution in [2.45, 2.75) is 6.92 Å². The Morgan fingerprint density at radius 1 is 1.32 bits per heavy atom. The van der Waals surface area contributed by atoms with Crippen molar-refractivity contribution in [3.05, 3.63) is 51.8 Å². The Morgan fingerprint density at radius 2 is 2.05 bits per heavy atom. The largest absolute Gasteiger partial charge is 0.478 e. The summed E-state index contributed by atoms with van der Waals surface area (Å²) in [6.07, 6.45) is 1.66. The lowest BCUT2D eigenvalue weighted by Gasteiger charge is -2.08. The summed E-state index contributed by atoms with van der Waals surface area (Å²) in [5.74, 6) is -1.27. The third-order valence-electron chi connectivity index (χ3n) is 2.61. The maximum Gasteiger partial charge on any atom is 0.335 e. The van der Waals surface area contributed by atoms with Gasteiger partial charge in [0, 0.05) is 16.4 Å². The van der Waals surface area contributed by atoms with Gasteiger partial charge in [0.05, 0.1) is 5.56 Å².